The van der Waals surface area contributed by atoms with E-state index in [0.717, 1.165) is 25.7 Å². The van der Waals surface area contributed by atoms with Crippen molar-refractivity contribution in [2.45, 2.75) is 46.5 Å². The van der Waals surface area contributed by atoms with E-state index < -0.39 is 0 Å². The molecule has 5 heteroatoms. The summed E-state index contributed by atoms with van der Waals surface area (Å²) in [5, 5.41) is 0. The van der Waals surface area contributed by atoms with Crippen molar-refractivity contribution in [1.82, 2.24) is 10.9 Å². The van der Waals surface area contributed by atoms with Gasteiger partial charge in [-0.05, 0) is 61.3 Å². The van der Waals surface area contributed by atoms with Crippen LogP contribution in [-0.2, 0) is 4.79 Å². The molecule has 1 aliphatic carbocycles. The summed E-state index contributed by atoms with van der Waals surface area (Å²) in [4.78, 5) is 24.3. The molecule has 0 unspecified atom stereocenters. The van der Waals surface area contributed by atoms with E-state index in [1.165, 1.54) is 0 Å². The highest BCUT2D eigenvalue weighted by Gasteiger charge is 2.32. The third kappa shape index (κ3) is 4.73. The van der Waals surface area contributed by atoms with E-state index >= 15 is 0 Å². The van der Waals surface area contributed by atoms with Gasteiger partial charge in [0, 0.05) is 11.5 Å². The molecule has 132 valence electrons. The van der Waals surface area contributed by atoms with E-state index in [2.05, 4.69) is 31.6 Å². The topological polar surface area (TPSA) is 67.4 Å². The van der Waals surface area contributed by atoms with E-state index in [4.69, 9.17) is 4.74 Å². The molecule has 0 saturated heterocycles. The lowest BCUT2D eigenvalue weighted by Gasteiger charge is -2.36. The number of nitrogens with one attached hydrogen (secondary N) is 2. The first-order valence-electron chi connectivity index (χ1n) is 8.55. The maximum absolute atomic E-state index is 12.2. The lowest BCUT2D eigenvalue weighted by atomic mass is 9.70. The van der Waals surface area contributed by atoms with Gasteiger partial charge in [0.05, 0.1) is 7.11 Å². The number of benzene rings is 1. The molecule has 2 rings (SSSR count). The Bertz CT molecular complexity index is 567. The fourth-order valence-corrected chi connectivity index (χ4v) is 3.26. The maximum Gasteiger partial charge on any atom is 0.269 e. The zero-order valence-electron chi connectivity index (χ0n) is 15.0. The van der Waals surface area contributed by atoms with Crippen molar-refractivity contribution >= 4 is 11.8 Å². The van der Waals surface area contributed by atoms with Crippen LogP contribution in [0.4, 0.5) is 0 Å². The van der Waals surface area contributed by atoms with Crippen molar-refractivity contribution in [3.05, 3.63) is 29.8 Å². The van der Waals surface area contributed by atoms with Crippen LogP contribution >= 0.6 is 0 Å². The Hall–Kier alpha value is -2.04. The molecule has 1 saturated carbocycles. The fourth-order valence-electron chi connectivity index (χ4n) is 3.26. The predicted octanol–water partition coefficient (Wildman–Crippen LogP) is 3.31. The van der Waals surface area contributed by atoms with E-state index in [-0.39, 0.29) is 17.7 Å². The van der Waals surface area contributed by atoms with E-state index in [1.54, 1.807) is 31.4 Å². The van der Waals surface area contributed by atoms with E-state index in [9.17, 15) is 9.59 Å². The fraction of sp³-hybridized carbons (Fsp3) is 0.579. The van der Waals surface area contributed by atoms with Gasteiger partial charge in [0.25, 0.3) is 5.91 Å². The molecule has 0 spiro atoms. The molecule has 0 bridgehead atoms. The van der Waals surface area contributed by atoms with Gasteiger partial charge in [-0.1, -0.05) is 20.8 Å². The Kier molecular flexibility index (Phi) is 5.86. The van der Waals surface area contributed by atoms with Crippen LogP contribution in [0.5, 0.6) is 5.75 Å². The van der Waals surface area contributed by atoms with Gasteiger partial charge in [-0.2, -0.15) is 0 Å². The zero-order chi connectivity index (χ0) is 17.7. The van der Waals surface area contributed by atoms with Crippen molar-refractivity contribution in [2.24, 2.45) is 17.3 Å². The average Bonchev–Trinajstić information content (AvgIpc) is 2.58. The largest absolute Gasteiger partial charge is 0.497 e. The van der Waals surface area contributed by atoms with Gasteiger partial charge in [0.15, 0.2) is 0 Å². The van der Waals surface area contributed by atoms with Crippen molar-refractivity contribution in [3.8, 4) is 5.75 Å². The standard InChI is InChI=1S/C19H28N2O3/c1-19(2,3)15-9-5-13(6-10-15)17(22)20-21-18(23)14-7-11-16(24-4)12-8-14/h7-8,11-13,15H,5-6,9-10H2,1-4H3,(H,20,22)(H,21,23). The number of ether oxygens (including phenoxy) is 1. The molecular weight excluding hydrogens is 304 g/mol. The third-order valence-electron chi connectivity index (χ3n) is 4.97. The molecule has 2 N–H and O–H groups in total. The molecular formula is C19H28N2O3. The highest BCUT2D eigenvalue weighted by atomic mass is 16.5. The monoisotopic (exact) mass is 332 g/mol. The quantitative estimate of drug-likeness (QED) is 0.835. The molecule has 24 heavy (non-hydrogen) atoms. The molecule has 1 aliphatic rings. The Morgan fingerprint density at radius 1 is 1.00 bits per heavy atom. The highest BCUT2D eigenvalue weighted by Crippen LogP contribution is 2.39. The minimum atomic E-state index is -0.325. The molecule has 0 aliphatic heterocycles. The van der Waals surface area contributed by atoms with Crippen LogP contribution in [0.25, 0.3) is 0 Å². The highest BCUT2D eigenvalue weighted by molar-refractivity contribution is 5.95. The third-order valence-corrected chi connectivity index (χ3v) is 4.97. The molecule has 1 fully saturated rings. The van der Waals surface area contributed by atoms with E-state index in [1.807, 2.05) is 0 Å². The van der Waals surface area contributed by atoms with Crippen molar-refractivity contribution in [2.75, 3.05) is 7.11 Å². The van der Waals surface area contributed by atoms with Gasteiger partial charge >= 0.3 is 0 Å². The van der Waals surface area contributed by atoms with Crippen molar-refractivity contribution in [1.29, 1.82) is 0 Å². The van der Waals surface area contributed by atoms with Crippen LogP contribution in [-0.4, -0.2) is 18.9 Å². The number of carbonyl (C=O) groups excluding carboxylic acids is 2. The first kappa shape index (κ1) is 18.3. The number of carbonyl (C=O) groups is 2. The molecule has 0 radical (unpaired) electrons. The molecule has 0 aromatic heterocycles. The molecule has 5 nitrogen and oxygen atoms in total. The minimum absolute atomic E-state index is 0.0141. The van der Waals surface area contributed by atoms with Crippen LogP contribution in [0.1, 0.15) is 56.8 Å². The second kappa shape index (κ2) is 7.69. The molecule has 1 aromatic rings. The summed E-state index contributed by atoms with van der Waals surface area (Å²) in [5.41, 5.74) is 5.83. The molecule has 2 amide bonds. The van der Waals surface area contributed by atoms with E-state index in [0.29, 0.717) is 22.6 Å². The number of hydrogen-bond donors (Lipinski definition) is 2. The predicted molar refractivity (Wildman–Crippen MR) is 93.5 cm³/mol. The summed E-state index contributed by atoms with van der Waals surface area (Å²) in [7, 11) is 1.57. The SMILES string of the molecule is COc1ccc(C(=O)NNC(=O)C2CCC(C(C)(C)C)CC2)cc1. The van der Waals surface area contributed by atoms with Crippen LogP contribution in [0.15, 0.2) is 24.3 Å². The van der Waals surface area contributed by atoms with Crippen LogP contribution in [0.3, 0.4) is 0 Å². The second-order valence-electron chi connectivity index (χ2n) is 7.59. The number of amides is 2. The number of rotatable bonds is 3. The van der Waals surface area contributed by atoms with Gasteiger partial charge in [0.1, 0.15) is 5.75 Å². The second-order valence-corrected chi connectivity index (χ2v) is 7.59. The molecule has 0 atom stereocenters. The summed E-state index contributed by atoms with van der Waals surface area (Å²) in [6.07, 6.45) is 3.89. The summed E-state index contributed by atoms with van der Waals surface area (Å²) in [5.74, 6) is 0.917. The first-order valence-corrected chi connectivity index (χ1v) is 8.55. The molecule has 1 aromatic carbocycles. The number of methoxy groups -OCH3 is 1. The Morgan fingerprint density at radius 3 is 2.08 bits per heavy atom. The number of hydrazine groups is 1. The van der Waals surface area contributed by atoms with Gasteiger partial charge < -0.3 is 4.74 Å². The minimum Gasteiger partial charge on any atom is -0.497 e. The molecule has 0 heterocycles. The summed E-state index contributed by atoms with van der Waals surface area (Å²) in [6.45, 7) is 6.77. The van der Waals surface area contributed by atoms with Crippen LogP contribution in [0.2, 0.25) is 0 Å². The Balaban J connectivity index is 1.79. The summed E-state index contributed by atoms with van der Waals surface area (Å²) in [6, 6.07) is 6.75. The lowest BCUT2D eigenvalue weighted by molar-refractivity contribution is -0.127. The zero-order valence-corrected chi connectivity index (χ0v) is 15.0. The Morgan fingerprint density at radius 2 is 1.58 bits per heavy atom. The van der Waals surface area contributed by atoms with Crippen molar-refractivity contribution in [3.63, 3.8) is 0 Å². The van der Waals surface area contributed by atoms with Gasteiger partial charge in [0.2, 0.25) is 5.91 Å². The van der Waals surface area contributed by atoms with Crippen LogP contribution < -0.4 is 15.6 Å². The van der Waals surface area contributed by atoms with Crippen molar-refractivity contribution < 1.29 is 14.3 Å². The summed E-state index contributed by atoms with van der Waals surface area (Å²) >= 11 is 0. The van der Waals surface area contributed by atoms with Gasteiger partial charge in [-0.15, -0.1) is 0 Å². The lowest BCUT2D eigenvalue weighted by Crippen LogP contribution is -2.45. The normalized spacial score (nSPS) is 21.0. The van der Waals surface area contributed by atoms with Gasteiger partial charge in [-0.3, -0.25) is 20.4 Å². The van der Waals surface area contributed by atoms with Crippen LogP contribution in [0, 0.1) is 17.3 Å². The summed E-state index contributed by atoms with van der Waals surface area (Å²) < 4.78 is 5.06. The van der Waals surface area contributed by atoms with Gasteiger partial charge in [-0.25, -0.2) is 0 Å². The smallest absolute Gasteiger partial charge is 0.269 e. The first-order chi connectivity index (χ1) is 11.3. The average molecular weight is 332 g/mol. The number of hydrogen-bond acceptors (Lipinski definition) is 3. The Labute approximate surface area is 144 Å². The maximum atomic E-state index is 12.2.